The summed E-state index contributed by atoms with van der Waals surface area (Å²) in [5.41, 5.74) is 1.83. The Balaban J connectivity index is 1.58. The number of nitrogens with zero attached hydrogens (tertiary/aromatic N) is 3. The number of aromatic nitrogens is 2. The van der Waals surface area contributed by atoms with Gasteiger partial charge in [0.1, 0.15) is 17.2 Å². The number of amides is 1. The molecule has 1 aliphatic heterocycles. The van der Waals surface area contributed by atoms with Crippen LogP contribution >= 0.6 is 27.5 Å². The fourth-order valence-corrected chi connectivity index (χ4v) is 4.25. The molecule has 4 rings (SSSR count). The molecule has 0 bridgehead atoms. The van der Waals surface area contributed by atoms with Gasteiger partial charge >= 0.3 is 6.09 Å². The summed E-state index contributed by atoms with van der Waals surface area (Å²) in [6, 6.07) is 12.7. The Morgan fingerprint density at radius 1 is 1.24 bits per heavy atom. The van der Waals surface area contributed by atoms with Gasteiger partial charge in [-0.25, -0.2) is 14.8 Å². The van der Waals surface area contributed by atoms with Crippen molar-refractivity contribution in [2.75, 3.05) is 16.8 Å². The fraction of sp³-hybridized carbons (Fsp3) is 0.320. The quantitative estimate of drug-likeness (QED) is 0.404. The first-order valence-corrected chi connectivity index (χ1v) is 12.1. The van der Waals surface area contributed by atoms with Gasteiger partial charge in [-0.1, -0.05) is 29.8 Å². The van der Waals surface area contributed by atoms with Gasteiger partial charge in [-0.2, -0.15) is 0 Å². The van der Waals surface area contributed by atoms with E-state index in [-0.39, 0.29) is 12.5 Å². The van der Waals surface area contributed by atoms with Crippen molar-refractivity contribution in [3.05, 3.63) is 81.0 Å². The van der Waals surface area contributed by atoms with E-state index in [9.17, 15) is 9.90 Å². The molecule has 0 saturated carbocycles. The number of benzene rings is 1. The molecule has 1 aliphatic rings. The first-order valence-electron chi connectivity index (χ1n) is 10.9. The van der Waals surface area contributed by atoms with Crippen LogP contribution in [0.2, 0.25) is 5.02 Å². The van der Waals surface area contributed by atoms with Gasteiger partial charge in [0.15, 0.2) is 0 Å². The topological polar surface area (TPSA) is 87.6 Å². The van der Waals surface area contributed by atoms with Crippen LogP contribution in [0.3, 0.4) is 0 Å². The Kier molecular flexibility index (Phi) is 7.12. The predicted octanol–water partition coefficient (Wildman–Crippen LogP) is 6.08. The number of anilines is 2. The van der Waals surface area contributed by atoms with E-state index in [0.717, 1.165) is 21.4 Å². The SMILES string of the molecule is CC(C)(C)OC(=O)N(Cc1ccc(Cl)cc1)c1ccc(C(O)C2CNc3ncc(Br)cc32)cn1. The summed E-state index contributed by atoms with van der Waals surface area (Å²) in [6.07, 6.45) is 2.04. The van der Waals surface area contributed by atoms with E-state index in [1.807, 2.05) is 39.0 Å². The molecule has 9 heteroatoms. The molecule has 2 aromatic heterocycles. The van der Waals surface area contributed by atoms with Crippen LogP contribution < -0.4 is 10.2 Å². The third-order valence-corrected chi connectivity index (χ3v) is 6.10. The number of pyridine rings is 2. The van der Waals surface area contributed by atoms with Crippen LogP contribution in [0, 0.1) is 0 Å². The second-order valence-corrected chi connectivity index (χ2v) is 10.5. The predicted molar refractivity (Wildman–Crippen MR) is 136 cm³/mol. The highest BCUT2D eigenvalue weighted by Gasteiger charge is 2.31. The van der Waals surface area contributed by atoms with Crippen molar-refractivity contribution in [2.24, 2.45) is 0 Å². The number of fused-ring (bicyclic) bond motifs is 1. The van der Waals surface area contributed by atoms with E-state index in [1.165, 1.54) is 4.90 Å². The number of nitrogens with one attached hydrogen (secondary N) is 1. The Bertz CT molecular complexity index is 1170. The zero-order valence-corrected chi connectivity index (χ0v) is 21.5. The first kappa shape index (κ1) is 24.4. The lowest BCUT2D eigenvalue weighted by Crippen LogP contribution is -2.37. The van der Waals surface area contributed by atoms with Gasteiger partial charge in [0.05, 0.1) is 12.6 Å². The van der Waals surface area contributed by atoms with Crippen molar-refractivity contribution >= 4 is 45.3 Å². The molecule has 178 valence electrons. The van der Waals surface area contributed by atoms with Crippen LogP contribution in [0.5, 0.6) is 0 Å². The maximum absolute atomic E-state index is 13.0. The number of halogens is 2. The van der Waals surface area contributed by atoms with Crippen molar-refractivity contribution < 1.29 is 14.6 Å². The number of aliphatic hydroxyl groups is 1. The normalized spacial score (nSPS) is 15.9. The third-order valence-electron chi connectivity index (χ3n) is 5.41. The van der Waals surface area contributed by atoms with Crippen LogP contribution in [0.15, 0.2) is 59.3 Å². The number of hydrogen-bond donors (Lipinski definition) is 2. The van der Waals surface area contributed by atoms with E-state index < -0.39 is 17.8 Å². The van der Waals surface area contributed by atoms with Gasteiger partial charge in [0, 0.05) is 39.9 Å². The highest BCUT2D eigenvalue weighted by atomic mass is 79.9. The van der Waals surface area contributed by atoms with E-state index in [2.05, 4.69) is 31.2 Å². The first-order chi connectivity index (χ1) is 16.1. The summed E-state index contributed by atoms with van der Waals surface area (Å²) in [4.78, 5) is 23.3. The number of ether oxygens (including phenoxy) is 1. The van der Waals surface area contributed by atoms with Gasteiger partial charge in [0.2, 0.25) is 0 Å². The zero-order valence-electron chi connectivity index (χ0n) is 19.1. The molecular weight excluding hydrogens is 520 g/mol. The van der Waals surface area contributed by atoms with Gasteiger partial charge in [-0.15, -0.1) is 0 Å². The summed E-state index contributed by atoms with van der Waals surface area (Å²) in [7, 11) is 0. The monoisotopic (exact) mass is 544 g/mol. The molecule has 7 nitrogen and oxygen atoms in total. The lowest BCUT2D eigenvalue weighted by Gasteiger charge is -2.27. The molecule has 0 saturated heterocycles. The summed E-state index contributed by atoms with van der Waals surface area (Å²) in [5.74, 6) is 1.04. The molecule has 3 heterocycles. The summed E-state index contributed by atoms with van der Waals surface area (Å²) < 4.78 is 6.47. The van der Waals surface area contributed by atoms with Crippen molar-refractivity contribution in [3.63, 3.8) is 0 Å². The van der Waals surface area contributed by atoms with E-state index in [4.69, 9.17) is 16.3 Å². The lowest BCUT2D eigenvalue weighted by molar-refractivity contribution is 0.0576. The zero-order chi connectivity index (χ0) is 24.5. The van der Waals surface area contributed by atoms with Crippen molar-refractivity contribution in [3.8, 4) is 0 Å². The molecular formula is C25H26BrClN4O3. The Labute approximate surface area is 212 Å². The minimum absolute atomic E-state index is 0.163. The van der Waals surface area contributed by atoms with Crippen molar-refractivity contribution in [2.45, 2.75) is 44.9 Å². The minimum Gasteiger partial charge on any atom is -0.443 e. The number of aliphatic hydroxyl groups excluding tert-OH is 1. The van der Waals surface area contributed by atoms with E-state index in [1.54, 1.807) is 36.7 Å². The largest absolute Gasteiger partial charge is 0.443 e. The van der Waals surface area contributed by atoms with Gasteiger partial charge in [0.25, 0.3) is 0 Å². The van der Waals surface area contributed by atoms with Crippen LogP contribution in [0.4, 0.5) is 16.4 Å². The average Bonchev–Trinajstić information content (AvgIpc) is 3.20. The maximum Gasteiger partial charge on any atom is 0.416 e. The second kappa shape index (κ2) is 9.90. The smallest absolute Gasteiger partial charge is 0.416 e. The van der Waals surface area contributed by atoms with Crippen LogP contribution in [0.25, 0.3) is 0 Å². The summed E-state index contributed by atoms with van der Waals surface area (Å²) >= 11 is 9.45. The van der Waals surface area contributed by atoms with E-state index >= 15 is 0 Å². The molecule has 2 atom stereocenters. The standard InChI is InChI=1S/C25H26BrClN4O3/c1-25(2,3)34-24(33)31(14-15-4-7-18(27)8-5-15)21-9-6-16(11-28-21)22(32)20-13-30-23-19(20)10-17(26)12-29-23/h4-12,20,22,32H,13-14H2,1-3H3,(H,29,30). The molecule has 1 aromatic carbocycles. The summed E-state index contributed by atoms with van der Waals surface area (Å²) in [5, 5.41) is 14.9. The number of hydrogen-bond acceptors (Lipinski definition) is 6. The molecule has 0 spiro atoms. The molecule has 34 heavy (non-hydrogen) atoms. The minimum atomic E-state index is -0.780. The Hall–Kier alpha value is -2.68. The number of carbonyl (C=O) groups is 1. The molecule has 2 N–H and O–H groups in total. The van der Waals surface area contributed by atoms with Crippen molar-refractivity contribution in [1.29, 1.82) is 0 Å². The lowest BCUT2D eigenvalue weighted by atomic mass is 9.92. The molecule has 0 fully saturated rings. The fourth-order valence-electron chi connectivity index (χ4n) is 3.78. The van der Waals surface area contributed by atoms with Crippen LogP contribution in [-0.2, 0) is 11.3 Å². The van der Waals surface area contributed by atoms with Crippen molar-refractivity contribution in [1.82, 2.24) is 9.97 Å². The molecule has 1 amide bonds. The molecule has 3 aromatic rings. The van der Waals surface area contributed by atoms with Crippen LogP contribution in [-0.4, -0.2) is 33.3 Å². The average molecular weight is 546 g/mol. The highest BCUT2D eigenvalue weighted by Crippen LogP contribution is 2.39. The number of carbonyl (C=O) groups excluding carboxylic acids is 1. The maximum atomic E-state index is 13.0. The Morgan fingerprint density at radius 2 is 1.97 bits per heavy atom. The third kappa shape index (κ3) is 5.68. The molecule has 0 aliphatic carbocycles. The molecule has 0 radical (unpaired) electrons. The van der Waals surface area contributed by atoms with Crippen LogP contribution in [0.1, 0.15) is 49.5 Å². The second-order valence-electron chi connectivity index (χ2n) is 9.17. The number of rotatable bonds is 5. The molecule has 2 unspecified atom stereocenters. The van der Waals surface area contributed by atoms with E-state index in [0.29, 0.717) is 22.9 Å². The highest BCUT2D eigenvalue weighted by molar-refractivity contribution is 9.10. The van der Waals surface area contributed by atoms with Gasteiger partial charge in [-0.3, -0.25) is 4.90 Å². The Morgan fingerprint density at radius 3 is 2.62 bits per heavy atom. The van der Waals surface area contributed by atoms with Gasteiger partial charge < -0.3 is 15.2 Å². The van der Waals surface area contributed by atoms with Gasteiger partial charge in [-0.05, 0) is 72.1 Å². The summed E-state index contributed by atoms with van der Waals surface area (Å²) in [6.45, 7) is 6.29.